The Morgan fingerprint density at radius 3 is 1.96 bits per heavy atom. The number of halogens is 2. The first-order valence-corrected chi connectivity index (χ1v) is 15.9. The van der Waals surface area contributed by atoms with Gasteiger partial charge in [-0.25, -0.2) is 0 Å². The third-order valence-corrected chi connectivity index (χ3v) is 15.0. The van der Waals surface area contributed by atoms with E-state index in [0.29, 0.717) is 6.54 Å². The number of unbranched alkanes of at least 4 members (excludes halogenated alkanes) is 3. The van der Waals surface area contributed by atoms with Gasteiger partial charge in [-0.1, -0.05) is 0 Å². The first-order chi connectivity index (χ1) is 13.0. The molecule has 2 nitrogen and oxygen atoms in total. The van der Waals surface area contributed by atoms with Gasteiger partial charge in [-0.2, -0.15) is 0 Å². The van der Waals surface area contributed by atoms with Crippen LogP contribution in [0.25, 0.3) is 0 Å². The monoisotopic (exact) mass is 476 g/mol. The molecule has 5 heteroatoms. The Balaban J connectivity index is 2.74. The first-order valence-electron chi connectivity index (χ1n) is 10.6. The summed E-state index contributed by atoms with van der Waals surface area (Å²) >= 11 is 11.0. The summed E-state index contributed by atoms with van der Waals surface area (Å²) in [5.74, 6) is 0. The van der Waals surface area contributed by atoms with Gasteiger partial charge in [0, 0.05) is 0 Å². The van der Waals surface area contributed by atoms with Crippen molar-refractivity contribution in [3.63, 3.8) is 0 Å². The summed E-state index contributed by atoms with van der Waals surface area (Å²) in [7, 11) is 0. The molecule has 0 bridgehead atoms. The van der Waals surface area contributed by atoms with E-state index in [0.717, 1.165) is 16.9 Å². The summed E-state index contributed by atoms with van der Waals surface area (Å²) in [6.45, 7) is 7.55. The summed E-state index contributed by atoms with van der Waals surface area (Å²) in [6, 6.07) is 10.1. The van der Waals surface area contributed by atoms with Crippen LogP contribution in [0.4, 0.5) is 5.69 Å². The van der Waals surface area contributed by atoms with Crippen molar-refractivity contribution in [1.29, 1.82) is 0 Å². The molecule has 0 heterocycles. The van der Waals surface area contributed by atoms with Crippen LogP contribution in [0, 0.1) is 0 Å². The van der Waals surface area contributed by atoms with Gasteiger partial charge >= 0.3 is 181 Å². The average Bonchev–Trinajstić information content (AvgIpc) is 2.69. The van der Waals surface area contributed by atoms with Crippen LogP contribution in [0.1, 0.15) is 59.3 Å². The van der Waals surface area contributed by atoms with Gasteiger partial charge in [0.1, 0.15) is 0 Å². The van der Waals surface area contributed by atoms with Crippen molar-refractivity contribution < 1.29 is 0 Å². The Morgan fingerprint density at radius 1 is 0.963 bits per heavy atom. The molecular formula is C22H39BrClN2P. The van der Waals surface area contributed by atoms with Gasteiger partial charge in [0.2, 0.25) is 0 Å². The fourth-order valence-corrected chi connectivity index (χ4v) is 11.6. The molecule has 0 saturated heterocycles. The van der Waals surface area contributed by atoms with Crippen molar-refractivity contribution in [2.45, 2.75) is 59.3 Å². The standard InChI is InChI=1S/C22H39BrClN2P/c1-4-7-16-27(23,17-8-5-2,18-9-6-3)19-15-21(24)20-25-26-22-13-11-10-12-14-22/h10-15,25-26H,4-9,16-20H2,1-3H3. The van der Waals surface area contributed by atoms with Gasteiger partial charge in [0.25, 0.3) is 0 Å². The third-order valence-electron chi connectivity index (χ3n) is 5.24. The molecule has 0 spiro atoms. The van der Waals surface area contributed by atoms with Crippen LogP contribution in [0.2, 0.25) is 0 Å². The molecule has 0 radical (unpaired) electrons. The predicted octanol–water partition coefficient (Wildman–Crippen LogP) is 7.99. The van der Waals surface area contributed by atoms with Crippen molar-refractivity contribution in [3.05, 3.63) is 41.4 Å². The maximum atomic E-state index is 6.58. The summed E-state index contributed by atoms with van der Waals surface area (Å²) in [4.78, 5) is 0. The molecule has 1 rings (SSSR count). The number of benzene rings is 1. The molecule has 0 atom stereocenters. The Morgan fingerprint density at radius 2 is 1.48 bits per heavy atom. The quantitative estimate of drug-likeness (QED) is 0.197. The Labute approximate surface area is 180 Å². The molecule has 156 valence electrons. The molecule has 0 saturated carbocycles. The molecule has 0 amide bonds. The molecule has 0 unspecified atom stereocenters. The Bertz CT molecular complexity index is 526. The van der Waals surface area contributed by atoms with Gasteiger partial charge in [-0.15, -0.1) is 0 Å². The van der Waals surface area contributed by atoms with Gasteiger partial charge in [-0.3, -0.25) is 0 Å². The van der Waals surface area contributed by atoms with Crippen molar-refractivity contribution >= 4 is 38.1 Å². The molecule has 1 aromatic carbocycles. The topological polar surface area (TPSA) is 24.1 Å². The van der Waals surface area contributed by atoms with E-state index in [-0.39, 0.29) is 0 Å². The zero-order valence-electron chi connectivity index (χ0n) is 17.4. The van der Waals surface area contributed by atoms with Gasteiger partial charge in [0.15, 0.2) is 0 Å². The van der Waals surface area contributed by atoms with Crippen molar-refractivity contribution in [3.8, 4) is 0 Å². The van der Waals surface area contributed by atoms with E-state index >= 15 is 0 Å². The molecule has 27 heavy (non-hydrogen) atoms. The van der Waals surface area contributed by atoms with E-state index < -0.39 is 5.31 Å². The second-order valence-electron chi connectivity index (χ2n) is 7.73. The van der Waals surface area contributed by atoms with Crippen LogP contribution in [0.3, 0.4) is 0 Å². The van der Waals surface area contributed by atoms with E-state index in [1.54, 1.807) is 0 Å². The van der Waals surface area contributed by atoms with Crippen molar-refractivity contribution in [1.82, 2.24) is 5.43 Å². The molecule has 0 aliphatic heterocycles. The fourth-order valence-electron chi connectivity index (χ4n) is 3.42. The second kappa shape index (κ2) is 13.2. The molecule has 2 N–H and O–H groups in total. The number of nitrogens with one attached hydrogen (secondary N) is 2. The summed E-state index contributed by atoms with van der Waals surface area (Å²) < 4.78 is 0. The second-order valence-corrected chi connectivity index (χ2v) is 19.6. The van der Waals surface area contributed by atoms with Crippen molar-refractivity contribution in [2.24, 2.45) is 0 Å². The van der Waals surface area contributed by atoms with Crippen LogP contribution in [-0.4, -0.2) is 31.2 Å². The normalized spacial score (nSPS) is 14.0. The fraction of sp³-hybridized carbons (Fsp3) is 0.636. The average molecular weight is 478 g/mol. The van der Waals surface area contributed by atoms with E-state index in [4.69, 9.17) is 11.6 Å². The molecule has 1 aromatic rings. The van der Waals surface area contributed by atoms with E-state index in [1.165, 1.54) is 57.0 Å². The number of rotatable bonds is 15. The number of hydrogen-bond donors (Lipinski definition) is 2. The Hall–Kier alpha value is -0.0800. The van der Waals surface area contributed by atoms with Gasteiger partial charge in [0.05, 0.1) is 0 Å². The van der Waals surface area contributed by atoms with Crippen LogP contribution in [0.15, 0.2) is 41.4 Å². The minimum absolute atomic E-state index is 0.644. The third kappa shape index (κ3) is 9.79. The zero-order chi connectivity index (χ0) is 20.0. The number of allylic oxidation sites excluding steroid dienone is 1. The van der Waals surface area contributed by atoms with Crippen molar-refractivity contribution in [2.75, 3.05) is 36.6 Å². The summed E-state index contributed by atoms with van der Waals surface area (Å²) in [5, 5.41) is -1.01. The molecule has 0 aliphatic rings. The molecule has 0 aromatic heterocycles. The van der Waals surface area contributed by atoms with E-state index in [2.05, 4.69) is 53.2 Å². The molecule has 0 fully saturated rings. The first kappa shape index (κ1) is 25.0. The zero-order valence-corrected chi connectivity index (χ0v) is 20.7. The number of hydrazine groups is 1. The SMILES string of the molecule is CCCCP(Br)(CC=C(Cl)CNNc1ccccc1)(CCCC)CCCC. The van der Waals surface area contributed by atoms with Gasteiger partial charge in [-0.05, 0) is 0 Å². The van der Waals surface area contributed by atoms with Crippen LogP contribution < -0.4 is 10.9 Å². The van der Waals surface area contributed by atoms with E-state index in [1.807, 2.05) is 30.3 Å². The maximum absolute atomic E-state index is 6.58. The van der Waals surface area contributed by atoms with Crippen LogP contribution in [-0.2, 0) is 0 Å². The number of hydrogen-bond acceptors (Lipinski definition) is 2. The Kier molecular flexibility index (Phi) is 12.2. The molecular weight excluding hydrogens is 439 g/mol. The number of para-hydroxylation sites is 1. The van der Waals surface area contributed by atoms with Crippen LogP contribution in [0.5, 0.6) is 0 Å². The number of anilines is 1. The minimum atomic E-state index is -1.91. The summed E-state index contributed by atoms with van der Waals surface area (Å²) in [5.41, 5.74) is 7.49. The van der Waals surface area contributed by atoms with E-state index in [9.17, 15) is 0 Å². The van der Waals surface area contributed by atoms with Gasteiger partial charge < -0.3 is 0 Å². The van der Waals surface area contributed by atoms with Crippen LogP contribution >= 0.6 is 32.4 Å². The predicted molar refractivity (Wildman–Crippen MR) is 132 cm³/mol. The summed E-state index contributed by atoms with van der Waals surface area (Å²) in [6.07, 6.45) is 15.2. The molecule has 0 aliphatic carbocycles.